The van der Waals surface area contributed by atoms with E-state index in [9.17, 15) is 0 Å². The number of imidazole rings is 1. The molecule has 2 aromatic heterocycles. The van der Waals surface area contributed by atoms with Gasteiger partial charge in [0.25, 0.3) is 0 Å². The van der Waals surface area contributed by atoms with E-state index in [-0.39, 0.29) is 6.29 Å². The van der Waals surface area contributed by atoms with Gasteiger partial charge in [-0.2, -0.15) is 0 Å². The Balaban J connectivity index is 1.46. The Kier molecular flexibility index (Phi) is 4.24. The first kappa shape index (κ1) is 15.0. The largest absolute Gasteiger partial charge is 0.353 e. The second kappa shape index (κ2) is 6.51. The van der Waals surface area contributed by atoms with Crippen molar-refractivity contribution in [3.63, 3.8) is 0 Å². The van der Waals surface area contributed by atoms with Crippen LogP contribution in [0.15, 0.2) is 29.4 Å². The average Bonchev–Trinajstić information content (AvgIpc) is 3.14. The quantitative estimate of drug-likeness (QED) is 0.531. The number of fused-ring (bicyclic) bond motifs is 3. The van der Waals surface area contributed by atoms with Crippen molar-refractivity contribution in [3.05, 3.63) is 24.3 Å². The van der Waals surface area contributed by atoms with Crippen molar-refractivity contribution in [1.29, 1.82) is 0 Å². The molecule has 6 nitrogen and oxygen atoms in total. The molecule has 0 amide bonds. The SMILES string of the molecule is Cn1c2ccccc2n2c(SCCO[C@H]3CCCCO3)nnc12. The molecule has 4 rings (SSSR count). The van der Waals surface area contributed by atoms with Crippen LogP contribution < -0.4 is 0 Å². The predicted octanol–water partition coefficient (Wildman–Crippen LogP) is 2.86. The Hall–Kier alpha value is -1.57. The van der Waals surface area contributed by atoms with Crippen LogP contribution in [-0.4, -0.2) is 44.4 Å². The molecule has 0 radical (unpaired) electrons. The summed E-state index contributed by atoms with van der Waals surface area (Å²) in [5.74, 6) is 1.70. The van der Waals surface area contributed by atoms with E-state index < -0.39 is 0 Å². The van der Waals surface area contributed by atoms with Crippen LogP contribution in [0.4, 0.5) is 0 Å². The normalized spacial score (nSPS) is 18.9. The van der Waals surface area contributed by atoms with E-state index in [1.54, 1.807) is 11.8 Å². The number of thioether (sulfide) groups is 1. The summed E-state index contributed by atoms with van der Waals surface area (Å²) >= 11 is 1.67. The maximum Gasteiger partial charge on any atom is 0.236 e. The monoisotopic (exact) mass is 332 g/mol. The van der Waals surface area contributed by atoms with Crippen LogP contribution in [0, 0.1) is 0 Å². The van der Waals surface area contributed by atoms with Gasteiger partial charge >= 0.3 is 0 Å². The summed E-state index contributed by atoms with van der Waals surface area (Å²) in [4.78, 5) is 0. The highest BCUT2D eigenvalue weighted by atomic mass is 32.2. The summed E-state index contributed by atoms with van der Waals surface area (Å²) in [6.45, 7) is 1.48. The van der Waals surface area contributed by atoms with Crippen LogP contribution in [0.1, 0.15) is 19.3 Å². The molecule has 122 valence electrons. The number of rotatable bonds is 5. The summed E-state index contributed by atoms with van der Waals surface area (Å²) in [5.41, 5.74) is 2.29. The maximum absolute atomic E-state index is 5.78. The molecule has 1 aliphatic heterocycles. The summed E-state index contributed by atoms with van der Waals surface area (Å²) < 4.78 is 15.5. The first-order valence-electron chi connectivity index (χ1n) is 7.99. The molecule has 7 heteroatoms. The Bertz CT molecular complexity index is 807. The third-order valence-electron chi connectivity index (χ3n) is 4.16. The van der Waals surface area contributed by atoms with Gasteiger partial charge in [0.05, 0.1) is 17.6 Å². The zero-order valence-electron chi connectivity index (χ0n) is 13.1. The molecule has 0 N–H and O–H groups in total. The second-order valence-corrected chi connectivity index (χ2v) is 6.74. The lowest BCUT2D eigenvalue weighted by Gasteiger charge is -2.22. The number of hydrogen-bond acceptors (Lipinski definition) is 5. The van der Waals surface area contributed by atoms with Gasteiger partial charge in [0.2, 0.25) is 5.78 Å². The Morgan fingerprint density at radius 2 is 2.13 bits per heavy atom. The van der Waals surface area contributed by atoms with E-state index in [4.69, 9.17) is 9.47 Å². The van der Waals surface area contributed by atoms with Gasteiger partial charge < -0.3 is 14.0 Å². The minimum atomic E-state index is -0.0275. The van der Waals surface area contributed by atoms with Gasteiger partial charge in [0.1, 0.15) is 0 Å². The van der Waals surface area contributed by atoms with Crippen LogP contribution in [0.3, 0.4) is 0 Å². The average molecular weight is 332 g/mol. The Morgan fingerprint density at radius 3 is 2.96 bits per heavy atom. The van der Waals surface area contributed by atoms with Gasteiger partial charge in [0, 0.05) is 19.4 Å². The highest BCUT2D eigenvalue weighted by Crippen LogP contribution is 2.25. The molecule has 1 atom stereocenters. The second-order valence-electron chi connectivity index (χ2n) is 5.68. The van der Waals surface area contributed by atoms with Gasteiger partial charge in [-0.25, -0.2) is 0 Å². The third kappa shape index (κ3) is 2.84. The molecule has 0 saturated carbocycles. The first-order chi connectivity index (χ1) is 11.3. The topological polar surface area (TPSA) is 53.6 Å². The molecule has 1 aromatic carbocycles. The van der Waals surface area contributed by atoms with Crippen LogP contribution in [0.2, 0.25) is 0 Å². The van der Waals surface area contributed by atoms with Crippen molar-refractivity contribution in [3.8, 4) is 0 Å². The van der Waals surface area contributed by atoms with Gasteiger partial charge in [-0.05, 0) is 31.4 Å². The molecule has 3 heterocycles. The molecular weight excluding hydrogens is 312 g/mol. The Morgan fingerprint density at radius 1 is 1.26 bits per heavy atom. The van der Waals surface area contributed by atoms with Crippen molar-refractivity contribution in [2.75, 3.05) is 19.0 Å². The number of nitrogens with zero attached hydrogens (tertiary/aromatic N) is 4. The Labute approximate surface area is 138 Å². The molecule has 0 unspecified atom stereocenters. The van der Waals surface area contributed by atoms with Crippen molar-refractivity contribution in [2.24, 2.45) is 7.05 Å². The number of aromatic nitrogens is 4. The number of aryl methyl sites for hydroxylation is 1. The molecule has 23 heavy (non-hydrogen) atoms. The van der Waals surface area contributed by atoms with E-state index in [2.05, 4.69) is 31.3 Å². The van der Waals surface area contributed by atoms with Gasteiger partial charge in [-0.1, -0.05) is 23.9 Å². The van der Waals surface area contributed by atoms with E-state index >= 15 is 0 Å². The van der Waals surface area contributed by atoms with E-state index in [0.29, 0.717) is 6.61 Å². The summed E-state index contributed by atoms with van der Waals surface area (Å²) in [5, 5.41) is 9.54. The standard InChI is InChI=1S/C16H20N4O2S/c1-19-12-6-2-3-7-13(12)20-15(19)17-18-16(20)23-11-10-22-14-8-4-5-9-21-14/h2-3,6-7,14H,4-5,8-11H2,1H3/t14-/m0/s1. The number of para-hydroxylation sites is 2. The summed E-state index contributed by atoms with van der Waals surface area (Å²) in [7, 11) is 2.02. The molecule has 1 saturated heterocycles. The molecule has 0 bridgehead atoms. The van der Waals surface area contributed by atoms with Gasteiger partial charge in [-0.15, -0.1) is 10.2 Å². The summed E-state index contributed by atoms with van der Waals surface area (Å²) in [6, 6.07) is 8.28. The zero-order chi connectivity index (χ0) is 15.6. The lowest BCUT2D eigenvalue weighted by molar-refractivity contribution is -0.158. The lowest BCUT2D eigenvalue weighted by Crippen LogP contribution is -2.23. The highest BCUT2D eigenvalue weighted by molar-refractivity contribution is 7.99. The minimum Gasteiger partial charge on any atom is -0.353 e. The fourth-order valence-electron chi connectivity index (χ4n) is 2.98. The maximum atomic E-state index is 5.78. The van der Waals surface area contributed by atoms with Crippen LogP contribution in [0.25, 0.3) is 16.8 Å². The smallest absolute Gasteiger partial charge is 0.236 e. The fraction of sp³-hybridized carbons (Fsp3) is 0.500. The fourth-order valence-corrected chi connectivity index (χ4v) is 3.75. The third-order valence-corrected chi connectivity index (χ3v) is 5.05. The van der Waals surface area contributed by atoms with Gasteiger partial charge in [-0.3, -0.25) is 4.40 Å². The lowest BCUT2D eigenvalue weighted by atomic mass is 10.2. The summed E-state index contributed by atoms with van der Waals surface area (Å²) in [6.07, 6.45) is 3.31. The van der Waals surface area contributed by atoms with E-state index in [1.165, 1.54) is 6.42 Å². The number of ether oxygens (including phenoxy) is 2. The van der Waals surface area contributed by atoms with Crippen LogP contribution >= 0.6 is 11.8 Å². The van der Waals surface area contributed by atoms with Crippen molar-refractivity contribution in [1.82, 2.24) is 19.2 Å². The molecule has 1 fully saturated rings. The van der Waals surface area contributed by atoms with Crippen molar-refractivity contribution >= 4 is 28.6 Å². The van der Waals surface area contributed by atoms with Crippen molar-refractivity contribution < 1.29 is 9.47 Å². The highest BCUT2D eigenvalue weighted by Gasteiger charge is 2.16. The molecule has 0 aliphatic carbocycles. The molecule has 1 aliphatic rings. The van der Waals surface area contributed by atoms with Crippen LogP contribution in [0.5, 0.6) is 0 Å². The number of benzene rings is 1. The molecule has 3 aromatic rings. The number of hydrogen-bond donors (Lipinski definition) is 0. The predicted molar refractivity (Wildman–Crippen MR) is 89.7 cm³/mol. The first-order valence-corrected chi connectivity index (χ1v) is 8.98. The van der Waals surface area contributed by atoms with E-state index in [0.717, 1.165) is 47.2 Å². The van der Waals surface area contributed by atoms with E-state index in [1.807, 2.05) is 19.2 Å². The molecular formula is C16H20N4O2S. The van der Waals surface area contributed by atoms with Crippen molar-refractivity contribution in [2.45, 2.75) is 30.7 Å². The zero-order valence-corrected chi connectivity index (χ0v) is 14.0. The van der Waals surface area contributed by atoms with Gasteiger partial charge in [0.15, 0.2) is 11.4 Å². The molecule has 0 spiro atoms. The van der Waals surface area contributed by atoms with Crippen LogP contribution in [-0.2, 0) is 16.5 Å². The minimum absolute atomic E-state index is 0.0275.